The second-order valence-corrected chi connectivity index (χ2v) is 4.03. The van der Waals surface area contributed by atoms with E-state index >= 15 is 0 Å². The number of carbonyl (C=O) groups excluding carboxylic acids is 1. The lowest BCUT2D eigenvalue weighted by atomic mass is 10.2. The number of fused-ring (bicyclic) bond motifs is 1. The SMILES string of the molecule is CCCOc1ccc2c(ccn2CCC=O)c1. The first kappa shape index (κ1) is 11.7. The highest BCUT2D eigenvalue weighted by molar-refractivity contribution is 5.81. The summed E-state index contributed by atoms with van der Waals surface area (Å²) in [5.74, 6) is 0.910. The molecule has 2 rings (SSSR count). The Hall–Kier alpha value is -1.77. The van der Waals surface area contributed by atoms with Gasteiger partial charge < -0.3 is 14.1 Å². The van der Waals surface area contributed by atoms with Crippen LogP contribution in [-0.2, 0) is 11.3 Å². The summed E-state index contributed by atoms with van der Waals surface area (Å²) in [5.41, 5.74) is 1.15. The topological polar surface area (TPSA) is 31.2 Å². The van der Waals surface area contributed by atoms with Gasteiger partial charge >= 0.3 is 0 Å². The first-order valence-corrected chi connectivity index (χ1v) is 6.00. The van der Waals surface area contributed by atoms with Gasteiger partial charge in [0.15, 0.2) is 0 Å². The molecule has 17 heavy (non-hydrogen) atoms. The van der Waals surface area contributed by atoms with Crippen LogP contribution in [0.4, 0.5) is 0 Å². The monoisotopic (exact) mass is 231 g/mol. The van der Waals surface area contributed by atoms with Crippen LogP contribution in [0.15, 0.2) is 30.5 Å². The van der Waals surface area contributed by atoms with Crippen LogP contribution in [0.2, 0.25) is 0 Å². The van der Waals surface area contributed by atoms with Crippen molar-refractivity contribution in [2.75, 3.05) is 6.61 Å². The molecule has 0 amide bonds. The minimum Gasteiger partial charge on any atom is -0.494 e. The van der Waals surface area contributed by atoms with Gasteiger partial charge in [-0.1, -0.05) is 6.92 Å². The van der Waals surface area contributed by atoms with Crippen molar-refractivity contribution in [2.45, 2.75) is 26.3 Å². The number of carbonyl (C=O) groups is 1. The molecule has 2 aromatic rings. The predicted octanol–water partition coefficient (Wildman–Crippen LogP) is 3.02. The first-order valence-electron chi connectivity index (χ1n) is 6.00. The molecule has 0 aliphatic rings. The summed E-state index contributed by atoms with van der Waals surface area (Å²) in [4.78, 5) is 10.4. The molecule has 1 aromatic carbocycles. The fraction of sp³-hybridized carbons (Fsp3) is 0.357. The van der Waals surface area contributed by atoms with Crippen molar-refractivity contribution in [3.8, 4) is 5.75 Å². The van der Waals surface area contributed by atoms with Gasteiger partial charge in [-0.25, -0.2) is 0 Å². The van der Waals surface area contributed by atoms with E-state index in [2.05, 4.69) is 17.6 Å². The quantitative estimate of drug-likeness (QED) is 0.715. The number of aromatic nitrogens is 1. The van der Waals surface area contributed by atoms with Crippen molar-refractivity contribution in [3.05, 3.63) is 30.5 Å². The Morgan fingerprint density at radius 1 is 1.35 bits per heavy atom. The zero-order chi connectivity index (χ0) is 12.1. The smallest absolute Gasteiger partial charge is 0.121 e. The number of aldehydes is 1. The lowest BCUT2D eigenvalue weighted by molar-refractivity contribution is -0.108. The predicted molar refractivity (Wildman–Crippen MR) is 68.4 cm³/mol. The lowest BCUT2D eigenvalue weighted by Crippen LogP contribution is -1.97. The molecule has 0 spiro atoms. The average Bonchev–Trinajstić information content (AvgIpc) is 2.76. The van der Waals surface area contributed by atoms with Crippen LogP contribution in [0.3, 0.4) is 0 Å². The summed E-state index contributed by atoms with van der Waals surface area (Å²) in [6.07, 6.45) is 4.53. The summed E-state index contributed by atoms with van der Waals surface area (Å²) < 4.78 is 7.68. The number of ether oxygens (including phenoxy) is 1. The largest absolute Gasteiger partial charge is 0.494 e. The van der Waals surface area contributed by atoms with Crippen LogP contribution in [0, 0.1) is 0 Å². The lowest BCUT2D eigenvalue weighted by Gasteiger charge is -2.06. The van der Waals surface area contributed by atoms with Gasteiger partial charge in [0.05, 0.1) is 6.61 Å². The van der Waals surface area contributed by atoms with E-state index in [0.717, 1.165) is 42.5 Å². The molecule has 1 heterocycles. The number of aryl methyl sites for hydroxylation is 1. The van der Waals surface area contributed by atoms with E-state index in [1.807, 2.05) is 24.4 Å². The van der Waals surface area contributed by atoms with Crippen LogP contribution >= 0.6 is 0 Å². The van der Waals surface area contributed by atoms with Crippen molar-refractivity contribution in [1.82, 2.24) is 4.57 Å². The third-order valence-electron chi connectivity index (χ3n) is 2.70. The van der Waals surface area contributed by atoms with E-state index in [9.17, 15) is 4.79 Å². The highest BCUT2D eigenvalue weighted by atomic mass is 16.5. The maximum atomic E-state index is 10.4. The zero-order valence-electron chi connectivity index (χ0n) is 10.1. The molecule has 0 fully saturated rings. The van der Waals surface area contributed by atoms with Gasteiger partial charge in [0.1, 0.15) is 12.0 Å². The highest BCUT2D eigenvalue weighted by Crippen LogP contribution is 2.22. The maximum absolute atomic E-state index is 10.4. The zero-order valence-corrected chi connectivity index (χ0v) is 10.1. The van der Waals surface area contributed by atoms with E-state index in [0.29, 0.717) is 6.42 Å². The van der Waals surface area contributed by atoms with E-state index in [1.165, 1.54) is 0 Å². The second kappa shape index (κ2) is 5.53. The Morgan fingerprint density at radius 3 is 3.00 bits per heavy atom. The van der Waals surface area contributed by atoms with Crippen LogP contribution in [0.25, 0.3) is 10.9 Å². The third kappa shape index (κ3) is 2.67. The van der Waals surface area contributed by atoms with E-state index in [4.69, 9.17) is 4.74 Å². The molecule has 0 N–H and O–H groups in total. The van der Waals surface area contributed by atoms with E-state index in [-0.39, 0.29) is 0 Å². The van der Waals surface area contributed by atoms with Crippen molar-refractivity contribution < 1.29 is 9.53 Å². The minimum absolute atomic E-state index is 0.553. The molecule has 3 heteroatoms. The molecule has 0 bridgehead atoms. The maximum Gasteiger partial charge on any atom is 0.121 e. The Balaban J connectivity index is 2.21. The van der Waals surface area contributed by atoms with Gasteiger partial charge in [-0.3, -0.25) is 0 Å². The summed E-state index contributed by atoms with van der Waals surface area (Å²) in [7, 11) is 0. The highest BCUT2D eigenvalue weighted by Gasteiger charge is 2.02. The van der Waals surface area contributed by atoms with Crippen LogP contribution in [0.5, 0.6) is 5.75 Å². The summed E-state index contributed by atoms with van der Waals surface area (Å²) in [6.45, 7) is 3.58. The van der Waals surface area contributed by atoms with Gasteiger partial charge in [-0.15, -0.1) is 0 Å². The number of rotatable bonds is 6. The third-order valence-corrected chi connectivity index (χ3v) is 2.70. The van der Waals surface area contributed by atoms with Gasteiger partial charge in [-0.2, -0.15) is 0 Å². The van der Waals surface area contributed by atoms with Crippen LogP contribution in [0.1, 0.15) is 19.8 Å². The normalized spacial score (nSPS) is 10.6. The van der Waals surface area contributed by atoms with E-state index < -0.39 is 0 Å². The van der Waals surface area contributed by atoms with Crippen molar-refractivity contribution >= 4 is 17.2 Å². The van der Waals surface area contributed by atoms with Gasteiger partial charge in [-0.05, 0) is 30.7 Å². The molecule has 0 aliphatic heterocycles. The number of benzene rings is 1. The number of nitrogens with zero attached hydrogens (tertiary/aromatic N) is 1. The molecule has 1 aromatic heterocycles. The van der Waals surface area contributed by atoms with Crippen molar-refractivity contribution in [3.63, 3.8) is 0 Å². The molecule has 0 radical (unpaired) electrons. The van der Waals surface area contributed by atoms with Crippen LogP contribution < -0.4 is 4.74 Å². The van der Waals surface area contributed by atoms with Crippen LogP contribution in [-0.4, -0.2) is 17.5 Å². The molecule has 0 saturated carbocycles. The fourth-order valence-corrected chi connectivity index (χ4v) is 1.87. The molecule has 90 valence electrons. The summed E-state index contributed by atoms with van der Waals surface area (Å²) in [6, 6.07) is 8.13. The molecule has 0 saturated heterocycles. The molecule has 0 unspecified atom stereocenters. The first-order chi connectivity index (χ1) is 8.35. The van der Waals surface area contributed by atoms with Crippen molar-refractivity contribution in [1.29, 1.82) is 0 Å². The molecular formula is C14H17NO2. The molecule has 0 aliphatic carbocycles. The molecule has 0 atom stereocenters. The average molecular weight is 231 g/mol. The van der Waals surface area contributed by atoms with Gasteiger partial charge in [0.25, 0.3) is 0 Å². The van der Waals surface area contributed by atoms with Crippen molar-refractivity contribution in [2.24, 2.45) is 0 Å². The Morgan fingerprint density at radius 2 is 2.24 bits per heavy atom. The van der Waals surface area contributed by atoms with Gasteiger partial charge in [0.2, 0.25) is 0 Å². The van der Waals surface area contributed by atoms with Gasteiger partial charge in [0, 0.05) is 30.1 Å². The summed E-state index contributed by atoms with van der Waals surface area (Å²) >= 11 is 0. The Kier molecular flexibility index (Phi) is 3.81. The second-order valence-electron chi connectivity index (χ2n) is 4.03. The molecular weight excluding hydrogens is 214 g/mol. The number of hydrogen-bond acceptors (Lipinski definition) is 2. The summed E-state index contributed by atoms with van der Waals surface area (Å²) in [5, 5.41) is 1.16. The molecule has 3 nitrogen and oxygen atoms in total. The fourth-order valence-electron chi connectivity index (χ4n) is 1.87. The minimum atomic E-state index is 0.553. The number of hydrogen-bond donors (Lipinski definition) is 0. The Bertz CT molecular complexity index is 502. The standard InChI is InChI=1S/C14H17NO2/c1-2-10-17-13-4-5-14-12(11-13)6-8-15(14)7-3-9-16/h4-6,8-9,11H,2-3,7,10H2,1H3. The Labute approximate surface area is 101 Å². The van der Waals surface area contributed by atoms with E-state index in [1.54, 1.807) is 0 Å².